The summed E-state index contributed by atoms with van der Waals surface area (Å²) in [5.74, 6) is -1.50. The molecule has 0 aromatic heterocycles. The lowest BCUT2D eigenvalue weighted by Crippen LogP contribution is -2.48. The van der Waals surface area contributed by atoms with Crippen molar-refractivity contribution in [3.8, 4) is 0 Å². The van der Waals surface area contributed by atoms with Gasteiger partial charge in [0.2, 0.25) is 0 Å². The van der Waals surface area contributed by atoms with Gasteiger partial charge in [0.15, 0.2) is 0 Å². The van der Waals surface area contributed by atoms with Crippen molar-refractivity contribution >= 4 is 17.6 Å². The molecule has 0 aliphatic carbocycles. The molecule has 1 aromatic carbocycles. The zero-order valence-electron chi connectivity index (χ0n) is 11.6. The summed E-state index contributed by atoms with van der Waals surface area (Å²) in [5, 5.41) is 20.1. The van der Waals surface area contributed by atoms with Crippen LogP contribution < -0.4 is 0 Å². The maximum Gasteiger partial charge on any atom is 0.326 e. The smallest absolute Gasteiger partial charge is 0.326 e. The van der Waals surface area contributed by atoms with Crippen LogP contribution in [0.1, 0.15) is 35.2 Å². The van der Waals surface area contributed by atoms with Crippen LogP contribution in [0.5, 0.6) is 0 Å². The molecule has 1 aliphatic rings. The maximum atomic E-state index is 12.5. The third-order valence-electron chi connectivity index (χ3n) is 3.57. The van der Waals surface area contributed by atoms with Gasteiger partial charge in [0, 0.05) is 24.2 Å². The number of hydrogen-bond donors (Lipinski definition) is 1. The van der Waals surface area contributed by atoms with E-state index in [2.05, 4.69) is 0 Å². The van der Waals surface area contributed by atoms with Crippen LogP contribution >= 0.6 is 0 Å². The van der Waals surface area contributed by atoms with Gasteiger partial charge in [0.1, 0.15) is 6.04 Å². The van der Waals surface area contributed by atoms with Crippen molar-refractivity contribution in [1.82, 2.24) is 4.90 Å². The molecule has 0 spiro atoms. The van der Waals surface area contributed by atoms with Gasteiger partial charge in [0.05, 0.1) is 4.92 Å². The van der Waals surface area contributed by atoms with Gasteiger partial charge in [-0.2, -0.15) is 0 Å². The van der Waals surface area contributed by atoms with Crippen LogP contribution in [0.3, 0.4) is 0 Å². The van der Waals surface area contributed by atoms with E-state index in [-0.39, 0.29) is 11.3 Å². The van der Waals surface area contributed by atoms with Gasteiger partial charge in [-0.25, -0.2) is 4.79 Å². The second-order valence-corrected chi connectivity index (χ2v) is 5.16. The molecule has 112 valence electrons. The fourth-order valence-corrected chi connectivity index (χ4v) is 2.59. The lowest BCUT2D eigenvalue weighted by molar-refractivity contribution is -0.384. The van der Waals surface area contributed by atoms with Crippen molar-refractivity contribution in [2.24, 2.45) is 0 Å². The number of benzene rings is 1. The Balaban J connectivity index is 2.34. The minimum absolute atomic E-state index is 0.162. The van der Waals surface area contributed by atoms with Crippen LogP contribution in [0.15, 0.2) is 18.2 Å². The minimum atomic E-state index is -1.04. The number of carboxylic acids is 1. The first-order valence-electron chi connectivity index (χ1n) is 6.70. The number of nitro groups is 1. The van der Waals surface area contributed by atoms with Crippen LogP contribution in [-0.4, -0.2) is 39.4 Å². The Hall–Kier alpha value is -2.44. The van der Waals surface area contributed by atoms with Crippen LogP contribution in [0.25, 0.3) is 0 Å². The van der Waals surface area contributed by atoms with E-state index >= 15 is 0 Å². The highest BCUT2D eigenvalue weighted by atomic mass is 16.6. The number of carboxylic acid groups (broad SMARTS) is 1. The molecule has 2 rings (SSSR count). The van der Waals surface area contributed by atoms with Gasteiger partial charge in [-0.05, 0) is 37.8 Å². The van der Waals surface area contributed by atoms with E-state index < -0.39 is 22.8 Å². The quantitative estimate of drug-likeness (QED) is 0.678. The van der Waals surface area contributed by atoms with Gasteiger partial charge in [-0.15, -0.1) is 0 Å². The van der Waals surface area contributed by atoms with E-state index in [1.165, 1.54) is 17.0 Å². The monoisotopic (exact) mass is 292 g/mol. The summed E-state index contributed by atoms with van der Waals surface area (Å²) in [5.41, 5.74) is 0.591. The van der Waals surface area contributed by atoms with Crippen LogP contribution in [-0.2, 0) is 4.79 Å². The third-order valence-corrected chi connectivity index (χ3v) is 3.57. The molecule has 0 radical (unpaired) electrons. The first kappa shape index (κ1) is 15.0. The van der Waals surface area contributed by atoms with Crippen LogP contribution in [0.4, 0.5) is 5.69 Å². The third kappa shape index (κ3) is 3.18. The minimum Gasteiger partial charge on any atom is -0.480 e. The Bertz CT molecular complexity index is 599. The van der Waals surface area contributed by atoms with Crippen molar-refractivity contribution in [1.29, 1.82) is 0 Å². The van der Waals surface area contributed by atoms with Crippen LogP contribution in [0.2, 0.25) is 0 Å². The lowest BCUT2D eigenvalue weighted by atomic mass is 10.00. The number of rotatable bonds is 3. The summed E-state index contributed by atoms with van der Waals surface area (Å²) in [6.07, 6.45) is 1.91. The number of amides is 1. The fraction of sp³-hybridized carbons (Fsp3) is 0.429. The predicted octanol–water partition coefficient (Wildman–Crippen LogP) is 1.98. The van der Waals surface area contributed by atoms with Gasteiger partial charge in [-0.1, -0.05) is 0 Å². The number of aliphatic carboxylic acids is 1. The summed E-state index contributed by atoms with van der Waals surface area (Å²) in [4.78, 5) is 35.3. The average molecular weight is 292 g/mol. The van der Waals surface area contributed by atoms with E-state index in [9.17, 15) is 24.8 Å². The summed E-state index contributed by atoms with van der Waals surface area (Å²) in [6.45, 7) is 2.02. The fourth-order valence-electron chi connectivity index (χ4n) is 2.59. The number of likely N-dealkylation sites (tertiary alicyclic amines) is 1. The molecule has 1 amide bonds. The van der Waals surface area contributed by atoms with Crippen LogP contribution in [0, 0.1) is 17.0 Å². The molecular weight excluding hydrogens is 276 g/mol. The van der Waals surface area contributed by atoms with Gasteiger partial charge in [0.25, 0.3) is 11.6 Å². The van der Waals surface area contributed by atoms with Gasteiger partial charge >= 0.3 is 5.97 Å². The number of carbonyl (C=O) groups is 2. The first-order valence-corrected chi connectivity index (χ1v) is 6.70. The van der Waals surface area contributed by atoms with Gasteiger partial charge < -0.3 is 10.0 Å². The molecule has 1 N–H and O–H groups in total. The molecule has 1 aromatic rings. The van der Waals surface area contributed by atoms with E-state index in [4.69, 9.17) is 0 Å². The summed E-state index contributed by atoms with van der Waals surface area (Å²) >= 11 is 0. The molecule has 1 atom stereocenters. The number of nitrogens with zero attached hydrogens (tertiary/aromatic N) is 2. The second-order valence-electron chi connectivity index (χ2n) is 5.16. The lowest BCUT2D eigenvalue weighted by Gasteiger charge is -2.33. The first-order chi connectivity index (χ1) is 9.90. The topological polar surface area (TPSA) is 101 Å². The Kier molecular flexibility index (Phi) is 4.21. The number of piperidine rings is 1. The molecule has 1 heterocycles. The number of hydrogen-bond acceptors (Lipinski definition) is 4. The highest BCUT2D eigenvalue weighted by molar-refractivity contribution is 5.97. The zero-order chi connectivity index (χ0) is 15.6. The predicted molar refractivity (Wildman–Crippen MR) is 74.1 cm³/mol. The largest absolute Gasteiger partial charge is 0.480 e. The molecule has 1 aliphatic heterocycles. The normalized spacial score (nSPS) is 18.3. The Morgan fingerprint density at radius 2 is 2.05 bits per heavy atom. The van der Waals surface area contributed by atoms with E-state index in [1.54, 1.807) is 13.0 Å². The van der Waals surface area contributed by atoms with Crippen molar-refractivity contribution in [2.75, 3.05) is 6.54 Å². The van der Waals surface area contributed by atoms with Crippen molar-refractivity contribution in [3.05, 3.63) is 39.4 Å². The molecule has 21 heavy (non-hydrogen) atoms. The van der Waals surface area contributed by atoms with Crippen molar-refractivity contribution in [3.63, 3.8) is 0 Å². The SMILES string of the molecule is Cc1cc(C(=O)N2CCCC[C@@H]2C(=O)O)cc([N+](=O)[O-])c1. The molecule has 1 fully saturated rings. The number of nitro benzene ring substituents is 1. The molecule has 0 saturated carbocycles. The molecule has 7 nitrogen and oxygen atoms in total. The maximum absolute atomic E-state index is 12.5. The number of aryl methyl sites for hydroxylation is 1. The number of carbonyl (C=O) groups excluding carboxylic acids is 1. The standard InChI is InChI=1S/C14H16N2O5/c1-9-6-10(8-11(7-9)16(20)21)13(17)15-5-3-2-4-12(15)14(18)19/h6-8,12H,2-5H2,1H3,(H,18,19)/t12-/m1/s1. The van der Waals surface area contributed by atoms with E-state index in [0.29, 0.717) is 18.5 Å². The Morgan fingerprint density at radius 3 is 2.67 bits per heavy atom. The Morgan fingerprint density at radius 1 is 1.33 bits per heavy atom. The summed E-state index contributed by atoms with van der Waals surface area (Å²) < 4.78 is 0. The summed E-state index contributed by atoms with van der Waals surface area (Å²) in [7, 11) is 0. The second kappa shape index (κ2) is 5.90. The molecular formula is C14H16N2O5. The molecule has 1 saturated heterocycles. The van der Waals surface area contributed by atoms with E-state index in [1.807, 2.05) is 0 Å². The molecule has 0 bridgehead atoms. The molecule has 0 unspecified atom stereocenters. The van der Waals surface area contributed by atoms with Gasteiger partial charge in [-0.3, -0.25) is 14.9 Å². The highest BCUT2D eigenvalue weighted by Gasteiger charge is 2.32. The van der Waals surface area contributed by atoms with Crippen molar-refractivity contribution in [2.45, 2.75) is 32.2 Å². The average Bonchev–Trinajstić information content (AvgIpc) is 2.45. The van der Waals surface area contributed by atoms with Crippen molar-refractivity contribution < 1.29 is 19.6 Å². The number of non-ortho nitro benzene ring substituents is 1. The summed E-state index contributed by atoms with van der Waals surface area (Å²) in [6, 6.07) is 3.26. The molecule has 7 heteroatoms. The Labute approximate surface area is 121 Å². The highest BCUT2D eigenvalue weighted by Crippen LogP contribution is 2.23. The zero-order valence-corrected chi connectivity index (χ0v) is 11.6. The van der Waals surface area contributed by atoms with E-state index in [0.717, 1.165) is 12.8 Å².